The van der Waals surface area contributed by atoms with E-state index in [1.807, 2.05) is 38.7 Å². The van der Waals surface area contributed by atoms with E-state index in [-0.39, 0.29) is 18.0 Å². The van der Waals surface area contributed by atoms with Crippen LogP contribution in [0.2, 0.25) is 0 Å². The molecule has 3 aliphatic heterocycles. The maximum Gasteiger partial charge on any atom is 0.340 e. The van der Waals surface area contributed by atoms with Gasteiger partial charge in [-0.2, -0.15) is 11.8 Å². The van der Waals surface area contributed by atoms with E-state index in [0.717, 1.165) is 70.3 Å². The number of aromatic nitrogens is 1. The Morgan fingerprint density at radius 2 is 1.95 bits per heavy atom. The van der Waals surface area contributed by atoms with Crippen molar-refractivity contribution in [1.29, 1.82) is 0 Å². The highest BCUT2D eigenvalue weighted by atomic mass is 32.2. The maximum atomic E-state index is 14.5. The van der Waals surface area contributed by atoms with E-state index in [1.54, 1.807) is 10.6 Å². The minimum absolute atomic E-state index is 0.126. The number of rotatable bonds is 3. The van der Waals surface area contributed by atoms with E-state index < -0.39 is 12.1 Å². The fraction of sp³-hybridized carbons (Fsp3) is 0.467. The van der Waals surface area contributed by atoms with Crippen LogP contribution in [-0.4, -0.2) is 33.2 Å². The van der Waals surface area contributed by atoms with Crippen LogP contribution in [0.5, 0.6) is 0 Å². The molecule has 210 valence electrons. The van der Waals surface area contributed by atoms with Gasteiger partial charge >= 0.3 is 5.97 Å². The van der Waals surface area contributed by atoms with Gasteiger partial charge in [-0.15, -0.1) is 0 Å². The second-order valence-electron chi connectivity index (χ2n) is 9.97. The molecule has 0 radical (unpaired) electrons. The number of carbonyl (C=O) groups is 1. The molecule has 1 aromatic carbocycles. The number of benzene rings is 1. The summed E-state index contributed by atoms with van der Waals surface area (Å²) in [5.41, 5.74) is 12.8. The summed E-state index contributed by atoms with van der Waals surface area (Å²) >= 11 is 1.91. The fourth-order valence-corrected chi connectivity index (χ4v) is 6.15. The molecule has 1 aromatic heterocycles. The Kier molecular flexibility index (Phi) is 9.03. The molecular formula is C30H38FN3O4S. The van der Waals surface area contributed by atoms with Crippen molar-refractivity contribution in [2.45, 2.75) is 78.4 Å². The highest BCUT2D eigenvalue weighted by molar-refractivity contribution is 7.99. The van der Waals surface area contributed by atoms with E-state index in [4.69, 9.17) is 10.5 Å². The van der Waals surface area contributed by atoms with Crippen molar-refractivity contribution in [3.05, 3.63) is 73.6 Å². The first-order chi connectivity index (χ1) is 18.7. The number of halogens is 1. The number of cyclic esters (lactones) is 1. The second kappa shape index (κ2) is 12.1. The molecule has 7 nitrogen and oxygen atoms in total. The molecular weight excluding hydrogens is 517 g/mol. The molecule has 0 spiro atoms. The molecule has 1 aliphatic carbocycles. The average molecular weight is 556 g/mol. The van der Waals surface area contributed by atoms with E-state index in [1.165, 1.54) is 6.07 Å². The van der Waals surface area contributed by atoms with Gasteiger partial charge in [0.15, 0.2) is 6.10 Å². The van der Waals surface area contributed by atoms with Crippen molar-refractivity contribution in [3.63, 3.8) is 0 Å². The number of nitrogens with zero attached hydrogens (tertiary/aromatic N) is 1. The van der Waals surface area contributed by atoms with Crippen LogP contribution in [0.1, 0.15) is 80.2 Å². The molecule has 4 aliphatic rings. The van der Waals surface area contributed by atoms with Crippen molar-refractivity contribution in [2.75, 3.05) is 17.6 Å². The number of thioether (sulfide) groups is 1. The number of carbonyl (C=O) groups excluding carboxylic acids is 1. The number of nitrogens with two attached hydrogens (primary N) is 1. The van der Waals surface area contributed by atoms with Crippen LogP contribution in [0.25, 0.3) is 11.1 Å². The molecule has 9 heteroatoms. The first kappa shape index (κ1) is 29.1. The number of hydrogen-bond donors (Lipinski definition) is 3. The number of nitrogens with one attached hydrogen (secondary N) is 1. The predicted octanol–water partition coefficient (Wildman–Crippen LogP) is 5.07. The van der Waals surface area contributed by atoms with Gasteiger partial charge in [-0.3, -0.25) is 4.79 Å². The van der Waals surface area contributed by atoms with Crippen LogP contribution >= 0.6 is 11.8 Å². The summed E-state index contributed by atoms with van der Waals surface area (Å²) in [6.07, 6.45) is 2.95. The van der Waals surface area contributed by atoms with Crippen LogP contribution in [0.15, 0.2) is 28.7 Å². The van der Waals surface area contributed by atoms with Crippen molar-refractivity contribution >= 4 is 34.6 Å². The van der Waals surface area contributed by atoms with E-state index >= 15 is 0 Å². The van der Waals surface area contributed by atoms with Crippen LogP contribution in [0.3, 0.4) is 0 Å². The lowest BCUT2D eigenvalue weighted by atomic mass is 9.81. The second-order valence-corrected chi connectivity index (χ2v) is 11.7. The summed E-state index contributed by atoms with van der Waals surface area (Å²) in [6, 6.07) is 3.26. The quantitative estimate of drug-likeness (QED) is 0.454. The molecule has 6 rings (SSSR count). The van der Waals surface area contributed by atoms with Gasteiger partial charge in [0.25, 0.3) is 5.56 Å². The smallest absolute Gasteiger partial charge is 0.340 e. The predicted molar refractivity (Wildman–Crippen MR) is 156 cm³/mol. The first-order valence-electron chi connectivity index (χ1n) is 13.7. The third-order valence-corrected chi connectivity index (χ3v) is 8.48. The van der Waals surface area contributed by atoms with Gasteiger partial charge in [-0.05, 0) is 65.8 Å². The van der Waals surface area contributed by atoms with Crippen molar-refractivity contribution < 1.29 is 19.0 Å². The van der Waals surface area contributed by atoms with Gasteiger partial charge in [0, 0.05) is 40.9 Å². The molecule has 39 heavy (non-hydrogen) atoms. The minimum atomic E-state index is -1.46. The summed E-state index contributed by atoms with van der Waals surface area (Å²) in [7, 11) is 0. The van der Waals surface area contributed by atoms with Crippen LogP contribution in [0, 0.1) is 12.7 Å². The zero-order chi connectivity index (χ0) is 28.4. The largest absolute Gasteiger partial charge is 0.458 e. The number of hydrogen-bond acceptors (Lipinski definition) is 7. The Balaban J connectivity index is 0.000000345. The highest BCUT2D eigenvalue weighted by Crippen LogP contribution is 2.47. The molecule has 4 heterocycles. The molecule has 0 saturated carbocycles. The van der Waals surface area contributed by atoms with Gasteiger partial charge in [0.1, 0.15) is 12.4 Å². The molecule has 0 amide bonds. The minimum Gasteiger partial charge on any atom is -0.458 e. The SMILES string of the molecule is CC.CC(C)SCCN.Cc1c(F)cc2c3c1CCCC3=C1Cn3c(cc4c(c3=O)COC(=O)C4O)C1=CN2. The normalized spacial score (nSPS) is 18.1. The summed E-state index contributed by atoms with van der Waals surface area (Å²) < 4.78 is 21.1. The Hall–Kier alpha value is -2.88. The monoisotopic (exact) mass is 555 g/mol. The Morgan fingerprint density at radius 3 is 2.62 bits per heavy atom. The number of aliphatic hydroxyl groups is 1. The molecule has 0 bridgehead atoms. The topological polar surface area (TPSA) is 107 Å². The van der Waals surface area contributed by atoms with Gasteiger partial charge in [0.2, 0.25) is 0 Å². The van der Waals surface area contributed by atoms with E-state index in [0.29, 0.717) is 28.9 Å². The summed E-state index contributed by atoms with van der Waals surface area (Å²) in [5.74, 6) is 0.129. The third kappa shape index (κ3) is 5.32. The first-order valence-corrected chi connectivity index (χ1v) is 14.7. The Labute approximate surface area is 233 Å². The lowest BCUT2D eigenvalue weighted by molar-refractivity contribution is -0.157. The molecule has 0 fully saturated rings. The number of allylic oxidation sites excluding steroid dienone is 3. The zero-order valence-corrected chi connectivity index (χ0v) is 24.1. The van der Waals surface area contributed by atoms with Crippen LogP contribution in [0.4, 0.5) is 10.1 Å². The van der Waals surface area contributed by atoms with Crippen molar-refractivity contribution in [2.24, 2.45) is 5.73 Å². The molecule has 0 saturated heterocycles. The highest BCUT2D eigenvalue weighted by Gasteiger charge is 2.36. The molecule has 2 aromatic rings. The molecule has 1 unspecified atom stereocenters. The zero-order valence-electron chi connectivity index (χ0n) is 23.3. The number of pyridine rings is 1. The van der Waals surface area contributed by atoms with Gasteiger partial charge in [0.05, 0.1) is 17.8 Å². The number of esters is 1. The van der Waals surface area contributed by atoms with Crippen LogP contribution < -0.4 is 16.6 Å². The fourth-order valence-electron chi connectivity index (χ4n) is 5.54. The van der Waals surface area contributed by atoms with E-state index in [9.17, 15) is 19.1 Å². The number of anilines is 1. The van der Waals surface area contributed by atoms with E-state index in [2.05, 4.69) is 19.2 Å². The number of fused-ring (bicyclic) bond motifs is 4. The lowest BCUT2D eigenvalue weighted by Crippen LogP contribution is -2.32. The standard InChI is InChI=1S/C23H19FN2O4.C5H13NS.C2H6/c1-10-11-3-2-4-12-15-8-26-19(14(15)7-25-18(20(11)12)6-17(10)24)5-13-16(22(26)28)9-30-23(29)21(13)27;1-5(2)7-4-3-6;1-2/h5-7,21,25,27H,2-4,8-9H2,1H3;5H,3-4,6H2,1-2H3;1-2H3. The molecule has 4 N–H and O–H groups in total. The number of aliphatic hydroxyl groups excluding tert-OH is 1. The summed E-state index contributed by atoms with van der Waals surface area (Å²) in [6.45, 7) is 11.3. The average Bonchev–Trinajstić information content (AvgIpc) is 3.23. The Morgan fingerprint density at radius 1 is 1.21 bits per heavy atom. The lowest BCUT2D eigenvalue weighted by Gasteiger charge is -2.25. The third-order valence-electron chi connectivity index (χ3n) is 7.34. The van der Waals surface area contributed by atoms with Crippen molar-refractivity contribution in [1.82, 2.24) is 4.57 Å². The summed E-state index contributed by atoms with van der Waals surface area (Å²) in [5, 5.41) is 14.3. The van der Waals surface area contributed by atoms with Gasteiger partial charge < -0.3 is 25.5 Å². The van der Waals surface area contributed by atoms with Gasteiger partial charge in [-0.25, -0.2) is 9.18 Å². The maximum absolute atomic E-state index is 14.5. The summed E-state index contributed by atoms with van der Waals surface area (Å²) in [4.78, 5) is 25.0. The van der Waals surface area contributed by atoms with Gasteiger partial charge in [-0.1, -0.05) is 27.7 Å². The number of ether oxygens (including phenoxy) is 1. The van der Waals surface area contributed by atoms with Crippen LogP contribution in [-0.2, 0) is 29.1 Å². The van der Waals surface area contributed by atoms with Crippen molar-refractivity contribution in [3.8, 4) is 0 Å². The Bertz CT molecular complexity index is 1410. The molecule has 1 atom stereocenters.